The Morgan fingerprint density at radius 2 is 1.41 bits per heavy atom. The zero-order chi connectivity index (χ0) is 38.6. The molecule has 2 amide bonds. The number of carbonyl (C=O) groups is 3. The normalized spacial score (nSPS) is 15.7. The van der Waals surface area contributed by atoms with Gasteiger partial charge in [0.1, 0.15) is 11.5 Å². The average molecular weight is 852 g/mol. The number of nitrogens with zero attached hydrogens (tertiary/aromatic N) is 1. The van der Waals surface area contributed by atoms with Crippen molar-refractivity contribution in [2.45, 2.75) is 52.3 Å². The number of hydrogen-bond donors (Lipinski definition) is 1. The Hall–Kier alpha value is -4.17. The monoisotopic (exact) mass is 852 g/mol. The molecule has 0 radical (unpaired) electrons. The van der Waals surface area contributed by atoms with Crippen molar-refractivity contribution in [3.8, 4) is 5.75 Å². The van der Waals surface area contributed by atoms with Crippen molar-refractivity contribution in [1.29, 1.82) is 0 Å². The van der Waals surface area contributed by atoms with Crippen LogP contribution in [0.2, 0.25) is 0 Å². The summed E-state index contributed by atoms with van der Waals surface area (Å²) in [5.41, 5.74) is -12.8. The maximum Gasteiger partial charge on any atom is 0.435 e. The van der Waals surface area contributed by atoms with E-state index in [1.165, 1.54) is 0 Å². The lowest BCUT2D eigenvalue weighted by Gasteiger charge is -2.31. The number of halogens is 12. The highest BCUT2D eigenvalue weighted by Gasteiger charge is 2.74. The van der Waals surface area contributed by atoms with Gasteiger partial charge in [0.2, 0.25) is 0 Å². The fourth-order valence-corrected chi connectivity index (χ4v) is 6.19. The molecule has 3 aromatic rings. The topological polar surface area (TPSA) is 84.9 Å². The van der Waals surface area contributed by atoms with E-state index in [2.05, 4.69) is 4.74 Å². The summed E-state index contributed by atoms with van der Waals surface area (Å²) in [5, 5.41) is 2.04. The molecule has 4 rings (SSSR count). The SMILES string of the molecule is CC1(C)C(C(=O)ON(C(=O)c2ccc(F)cc2)c2cccc(C(=O)Nc3c(I)cc(C(F)(C(F)(F)F)C(F)(F)F)cc3OC(F)F)c2F)C1(C)C. The van der Waals surface area contributed by atoms with Gasteiger partial charge in [0, 0.05) is 14.7 Å². The number of hydrogen-bond acceptors (Lipinski definition) is 5. The predicted octanol–water partition coefficient (Wildman–Crippen LogP) is 9.50. The molecular weight excluding hydrogens is 828 g/mol. The molecule has 276 valence electrons. The molecule has 0 spiro atoms. The second-order valence-corrected chi connectivity index (χ2v) is 13.5. The first-order chi connectivity index (χ1) is 23.3. The minimum atomic E-state index is -6.63. The summed E-state index contributed by atoms with van der Waals surface area (Å²) in [6.45, 7) is 3.01. The van der Waals surface area contributed by atoms with Crippen LogP contribution in [0.15, 0.2) is 54.6 Å². The average Bonchev–Trinajstić information content (AvgIpc) is 3.42. The lowest BCUT2D eigenvalue weighted by molar-refractivity contribution is -0.348. The Kier molecular flexibility index (Phi) is 10.4. The second kappa shape index (κ2) is 13.4. The lowest BCUT2D eigenvalue weighted by atomic mass is 9.93. The highest BCUT2D eigenvalue weighted by Crippen LogP contribution is 2.68. The van der Waals surface area contributed by atoms with E-state index < -0.39 is 103 Å². The van der Waals surface area contributed by atoms with Gasteiger partial charge in [-0.1, -0.05) is 33.8 Å². The van der Waals surface area contributed by atoms with Gasteiger partial charge in [-0.3, -0.25) is 9.59 Å². The molecule has 0 aromatic heterocycles. The molecule has 0 heterocycles. The second-order valence-electron chi connectivity index (χ2n) is 12.3. The third kappa shape index (κ3) is 7.17. The van der Waals surface area contributed by atoms with Gasteiger partial charge in [-0.25, -0.2) is 18.0 Å². The zero-order valence-corrected chi connectivity index (χ0v) is 28.5. The van der Waals surface area contributed by atoms with Crippen LogP contribution in [0, 0.1) is 32.0 Å². The van der Waals surface area contributed by atoms with E-state index in [1.807, 2.05) is 5.32 Å². The molecule has 0 saturated heterocycles. The molecular formula is C32H24F11IN2O5. The van der Waals surface area contributed by atoms with E-state index in [1.54, 1.807) is 27.7 Å². The van der Waals surface area contributed by atoms with Crippen LogP contribution in [0.4, 0.5) is 59.7 Å². The van der Waals surface area contributed by atoms with E-state index in [0.717, 1.165) is 65.1 Å². The van der Waals surface area contributed by atoms with E-state index in [4.69, 9.17) is 4.84 Å². The summed E-state index contributed by atoms with van der Waals surface area (Å²) in [6.07, 6.45) is -13.3. The van der Waals surface area contributed by atoms with Gasteiger partial charge < -0.3 is 14.9 Å². The van der Waals surface area contributed by atoms with Crippen LogP contribution in [0.5, 0.6) is 5.75 Å². The van der Waals surface area contributed by atoms with Crippen LogP contribution in [0.25, 0.3) is 0 Å². The zero-order valence-electron chi connectivity index (χ0n) is 26.4. The summed E-state index contributed by atoms with van der Waals surface area (Å²) >= 11 is 1.01. The van der Waals surface area contributed by atoms with Crippen molar-refractivity contribution >= 4 is 51.7 Å². The van der Waals surface area contributed by atoms with Crippen LogP contribution < -0.4 is 15.1 Å². The van der Waals surface area contributed by atoms with Crippen LogP contribution in [-0.2, 0) is 15.3 Å². The molecule has 1 N–H and O–H groups in total. The molecule has 1 aliphatic carbocycles. The van der Waals surface area contributed by atoms with Crippen LogP contribution in [0.3, 0.4) is 0 Å². The number of alkyl halides is 9. The molecule has 1 aliphatic rings. The van der Waals surface area contributed by atoms with Crippen molar-refractivity contribution in [2.75, 3.05) is 10.4 Å². The summed E-state index contributed by atoms with van der Waals surface area (Å²) in [6, 6.07) is 5.99. The Balaban J connectivity index is 1.78. The van der Waals surface area contributed by atoms with Crippen molar-refractivity contribution < 1.29 is 72.3 Å². The van der Waals surface area contributed by atoms with Gasteiger partial charge in [-0.2, -0.15) is 35.1 Å². The fraction of sp³-hybridized carbons (Fsp3) is 0.344. The minimum absolute atomic E-state index is 0.0360. The number of carbonyl (C=O) groups excluding carboxylic acids is 3. The molecule has 0 bridgehead atoms. The highest BCUT2D eigenvalue weighted by molar-refractivity contribution is 14.1. The first kappa shape index (κ1) is 39.6. The molecule has 0 unspecified atom stereocenters. The molecule has 1 saturated carbocycles. The Morgan fingerprint density at radius 3 is 1.90 bits per heavy atom. The summed E-state index contributed by atoms with van der Waals surface area (Å²) in [7, 11) is 0. The lowest BCUT2D eigenvalue weighted by Crippen LogP contribution is -2.50. The summed E-state index contributed by atoms with van der Waals surface area (Å²) in [5.74, 6) is -8.48. The van der Waals surface area contributed by atoms with E-state index in [9.17, 15) is 58.3 Å². The first-order valence-electron chi connectivity index (χ1n) is 14.3. The quantitative estimate of drug-likeness (QED) is 0.139. The number of rotatable bonds is 8. The predicted molar refractivity (Wildman–Crippen MR) is 165 cm³/mol. The third-order valence-electron chi connectivity index (χ3n) is 8.84. The van der Waals surface area contributed by atoms with Gasteiger partial charge in [0.05, 0.1) is 17.2 Å². The maximum absolute atomic E-state index is 16.1. The van der Waals surface area contributed by atoms with Crippen molar-refractivity contribution in [3.63, 3.8) is 0 Å². The number of ether oxygens (including phenoxy) is 1. The molecule has 0 aliphatic heterocycles. The number of benzene rings is 3. The Morgan fingerprint density at radius 1 is 0.863 bits per heavy atom. The number of amides is 2. The molecule has 19 heteroatoms. The molecule has 3 aromatic carbocycles. The van der Waals surface area contributed by atoms with Crippen LogP contribution in [0.1, 0.15) is 54.0 Å². The highest BCUT2D eigenvalue weighted by atomic mass is 127. The van der Waals surface area contributed by atoms with Crippen molar-refractivity contribution in [3.05, 3.63) is 86.5 Å². The fourth-order valence-electron chi connectivity index (χ4n) is 5.45. The van der Waals surface area contributed by atoms with Gasteiger partial charge in [-0.15, -0.1) is 5.06 Å². The maximum atomic E-state index is 16.1. The van der Waals surface area contributed by atoms with Gasteiger partial charge in [-0.05, 0) is 82.0 Å². The summed E-state index contributed by atoms with van der Waals surface area (Å²) < 4.78 is 155. The number of anilines is 2. The first-order valence-corrected chi connectivity index (χ1v) is 15.4. The van der Waals surface area contributed by atoms with Crippen LogP contribution >= 0.6 is 22.6 Å². The molecule has 51 heavy (non-hydrogen) atoms. The number of nitrogens with one attached hydrogen (secondary N) is 1. The van der Waals surface area contributed by atoms with Crippen LogP contribution in [-0.4, -0.2) is 36.7 Å². The third-order valence-corrected chi connectivity index (χ3v) is 9.69. The summed E-state index contributed by atoms with van der Waals surface area (Å²) in [4.78, 5) is 45.4. The molecule has 7 nitrogen and oxygen atoms in total. The number of hydroxylamine groups is 1. The standard InChI is InChI=1S/C32H24F11IN2O5/c1-28(2)23(29(28,3)4)26(49)51-46(25(48)14-8-10-16(33)11-9-14)19-7-5-6-17(21(19)34)24(47)45-22-18(44)12-15(13-20(22)50-27(35)36)30(37,31(38,39)40)32(41,42)43/h5-13,23,27H,1-4H3,(H,45,47). The van der Waals surface area contributed by atoms with E-state index >= 15 is 4.39 Å². The minimum Gasteiger partial charge on any atom is -0.433 e. The van der Waals surface area contributed by atoms with E-state index in [-0.39, 0.29) is 22.8 Å². The largest absolute Gasteiger partial charge is 0.435 e. The Bertz CT molecular complexity index is 1830. The smallest absolute Gasteiger partial charge is 0.433 e. The Labute approximate surface area is 295 Å². The molecule has 1 fully saturated rings. The van der Waals surface area contributed by atoms with Gasteiger partial charge in [0.25, 0.3) is 11.8 Å². The molecule has 0 atom stereocenters. The van der Waals surface area contributed by atoms with Gasteiger partial charge >= 0.3 is 30.6 Å². The van der Waals surface area contributed by atoms with E-state index in [0.29, 0.717) is 0 Å². The van der Waals surface area contributed by atoms with Crippen molar-refractivity contribution in [1.82, 2.24) is 0 Å². The van der Waals surface area contributed by atoms with Gasteiger partial charge in [0.15, 0.2) is 11.6 Å². The van der Waals surface area contributed by atoms with Crippen molar-refractivity contribution in [2.24, 2.45) is 16.7 Å².